The van der Waals surface area contributed by atoms with Gasteiger partial charge in [-0.25, -0.2) is 4.39 Å². The molecule has 3 aliphatic carbocycles. The molecule has 0 saturated heterocycles. The summed E-state index contributed by atoms with van der Waals surface area (Å²) < 4.78 is 52.7. The Kier molecular flexibility index (Phi) is 4.67. The van der Waals surface area contributed by atoms with E-state index in [0.29, 0.717) is 0 Å². The first-order chi connectivity index (χ1) is 13.2. The van der Waals surface area contributed by atoms with E-state index in [9.17, 15) is 17.6 Å². The second kappa shape index (κ2) is 6.78. The Bertz CT molecular complexity index is 860. The summed E-state index contributed by atoms with van der Waals surface area (Å²) >= 11 is 0. The zero-order valence-electron chi connectivity index (χ0n) is 16.2. The van der Waals surface area contributed by atoms with Crippen LogP contribution in [0.2, 0.25) is 0 Å². The van der Waals surface area contributed by atoms with Crippen LogP contribution < -0.4 is 5.32 Å². The molecule has 28 heavy (non-hydrogen) atoms. The molecule has 0 heterocycles. The average molecular weight is 391 g/mol. The zero-order chi connectivity index (χ0) is 20.1. The zero-order valence-corrected chi connectivity index (χ0v) is 16.2. The Hall–Kier alpha value is -2.04. The van der Waals surface area contributed by atoms with Gasteiger partial charge in [0, 0.05) is 16.8 Å². The van der Waals surface area contributed by atoms with Gasteiger partial charge in [-0.1, -0.05) is 24.1 Å². The average Bonchev–Trinajstić information content (AvgIpc) is 2.63. The molecule has 0 aliphatic heterocycles. The highest BCUT2D eigenvalue weighted by molar-refractivity contribution is 5.56. The van der Waals surface area contributed by atoms with Crippen molar-refractivity contribution in [3.63, 3.8) is 0 Å². The third-order valence-corrected chi connectivity index (χ3v) is 6.72. The number of nitrogens with one attached hydrogen (secondary N) is 1. The maximum absolute atomic E-state index is 13.2. The molecule has 0 radical (unpaired) electrons. The Morgan fingerprint density at radius 2 is 1.86 bits per heavy atom. The third-order valence-electron chi connectivity index (χ3n) is 6.72. The summed E-state index contributed by atoms with van der Waals surface area (Å²) in [6, 6.07) is 6.26. The highest BCUT2D eigenvalue weighted by atomic mass is 19.4. The van der Waals surface area contributed by atoms with Gasteiger partial charge in [0.15, 0.2) is 0 Å². The van der Waals surface area contributed by atoms with Gasteiger partial charge in [0.05, 0.1) is 5.92 Å². The van der Waals surface area contributed by atoms with Gasteiger partial charge in [0.1, 0.15) is 5.82 Å². The highest BCUT2D eigenvalue weighted by Gasteiger charge is 2.48. The van der Waals surface area contributed by atoms with E-state index in [4.69, 9.17) is 0 Å². The Morgan fingerprint density at radius 1 is 1.14 bits per heavy atom. The predicted octanol–water partition coefficient (Wildman–Crippen LogP) is 7.16. The fourth-order valence-corrected chi connectivity index (χ4v) is 5.21. The van der Waals surface area contributed by atoms with Crippen LogP contribution in [0.3, 0.4) is 0 Å². The van der Waals surface area contributed by atoms with Crippen molar-refractivity contribution < 1.29 is 17.6 Å². The number of anilines is 1. The van der Waals surface area contributed by atoms with E-state index in [0.717, 1.165) is 30.6 Å². The summed E-state index contributed by atoms with van der Waals surface area (Å²) in [6.45, 7) is 4.25. The van der Waals surface area contributed by atoms with E-state index in [1.807, 2.05) is 6.08 Å². The molecule has 1 aromatic rings. The Labute approximate surface area is 163 Å². The van der Waals surface area contributed by atoms with Crippen molar-refractivity contribution in [2.75, 3.05) is 5.32 Å². The fraction of sp³-hybridized carbons (Fsp3) is 0.478. The predicted molar refractivity (Wildman–Crippen MR) is 103 cm³/mol. The van der Waals surface area contributed by atoms with Gasteiger partial charge >= 0.3 is 6.18 Å². The molecule has 3 aliphatic rings. The maximum Gasteiger partial charge on any atom is 0.392 e. The highest BCUT2D eigenvalue weighted by Crippen LogP contribution is 2.57. The summed E-state index contributed by atoms with van der Waals surface area (Å²) in [5.74, 6) is -1.45. The number of hydrogen-bond donors (Lipinski definition) is 1. The van der Waals surface area contributed by atoms with Crippen molar-refractivity contribution in [3.05, 3.63) is 64.7 Å². The Morgan fingerprint density at radius 3 is 2.54 bits per heavy atom. The lowest BCUT2D eigenvalue weighted by molar-refractivity contribution is -0.179. The summed E-state index contributed by atoms with van der Waals surface area (Å²) in [5.41, 5.74) is 5.32. The number of allylic oxidation sites excluding steroid dienone is 5. The maximum atomic E-state index is 13.2. The first-order valence-electron chi connectivity index (χ1n) is 9.87. The molecule has 150 valence electrons. The number of alkyl halides is 3. The number of fused-ring (bicyclic) bond motifs is 3. The molecule has 1 nitrogen and oxygen atoms in total. The van der Waals surface area contributed by atoms with Crippen molar-refractivity contribution in [1.29, 1.82) is 0 Å². The first-order valence-corrected chi connectivity index (χ1v) is 9.87. The van der Waals surface area contributed by atoms with E-state index in [2.05, 4.69) is 25.2 Å². The van der Waals surface area contributed by atoms with Gasteiger partial charge in [0.2, 0.25) is 0 Å². The number of halogens is 4. The molecule has 0 spiro atoms. The molecule has 0 amide bonds. The second-order valence-electron chi connectivity index (χ2n) is 8.61. The van der Waals surface area contributed by atoms with E-state index in [-0.39, 0.29) is 30.0 Å². The number of hydrogen-bond acceptors (Lipinski definition) is 1. The smallest absolute Gasteiger partial charge is 0.356 e. The minimum Gasteiger partial charge on any atom is -0.356 e. The van der Waals surface area contributed by atoms with Crippen molar-refractivity contribution >= 4 is 5.69 Å². The summed E-state index contributed by atoms with van der Waals surface area (Å²) in [4.78, 5) is 0. The topological polar surface area (TPSA) is 12.0 Å². The minimum absolute atomic E-state index is 0.0296. The molecule has 1 fully saturated rings. The SMILES string of the molecule is CC1=C(Nc2ccc(F)cc2)C=C2CCC3CC(C(F)(F)F)CC=C3[C@@]2(C)C1. The quantitative estimate of drug-likeness (QED) is 0.417. The van der Waals surface area contributed by atoms with Gasteiger partial charge in [-0.15, -0.1) is 0 Å². The van der Waals surface area contributed by atoms with Crippen molar-refractivity contribution in [1.82, 2.24) is 0 Å². The summed E-state index contributed by atoms with van der Waals surface area (Å²) in [6.07, 6.45) is 2.67. The van der Waals surface area contributed by atoms with Crippen LogP contribution in [-0.2, 0) is 0 Å². The van der Waals surface area contributed by atoms with Crippen molar-refractivity contribution in [2.24, 2.45) is 17.3 Å². The lowest BCUT2D eigenvalue weighted by Gasteiger charge is -2.48. The summed E-state index contributed by atoms with van der Waals surface area (Å²) in [5, 5.41) is 3.38. The molecular weight excluding hydrogens is 366 g/mol. The molecule has 5 heteroatoms. The molecule has 1 N–H and O–H groups in total. The molecule has 1 saturated carbocycles. The largest absolute Gasteiger partial charge is 0.392 e. The van der Waals surface area contributed by atoms with Gasteiger partial charge < -0.3 is 5.32 Å². The minimum atomic E-state index is -4.10. The van der Waals surface area contributed by atoms with Crippen LogP contribution in [0.1, 0.15) is 46.0 Å². The molecule has 1 aromatic carbocycles. The molecular formula is C23H25F4N. The second-order valence-corrected chi connectivity index (χ2v) is 8.61. The van der Waals surface area contributed by atoms with Crippen LogP contribution in [0.25, 0.3) is 0 Å². The van der Waals surface area contributed by atoms with E-state index >= 15 is 0 Å². The van der Waals surface area contributed by atoms with Crippen LogP contribution in [0.4, 0.5) is 23.2 Å². The van der Waals surface area contributed by atoms with Crippen molar-refractivity contribution in [2.45, 2.75) is 52.1 Å². The fourth-order valence-electron chi connectivity index (χ4n) is 5.21. The Balaban J connectivity index is 1.59. The standard InChI is InChI=1S/C23H25F4N/c1-14-13-22(2)16(12-21(14)28-19-8-6-18(24)7-9-19)4-3-15-11-17(23(25,26)27)5-10-20(15)22/h6-10,12,15,17,28H,3-5,11,13H2,1-2H3/t15?,17?,22-/m0/s1. The molecule has 2 unspecified atom stereocenters. The normalized spacial score (nSPS) is 30.2. The van der Waals surface area contributed by atoms with Gasteiger partial charge in [-0.2, -0.15) is 13.2 Å². The molecule has 4 rings (SSSR count). The first kappa shape index (κ1) is 19.3. The molecule has 3 atom stereocenters. The molecule has 0 bridgehead atoms. The van der Waals surface area contributed by atoms with E-state index in [1.54, 1.807) is 12.1 Å². The van der Waals surface area contributed by atoms with Crippen LogP contribution >= 0.6 is 0 Å². The van der Waals surface area contributed by atoms with Gasteiger partial charge in [-0.05, 0) is 80.9 Å². The van der Waals surface area contributed by atoms with Crippen LogP contribution in [0.15, 0.2) is 58.8 Å². The third kappa shape index (κ3) is 3.40. The monoisotopic (exact) mass is 391 g/mol. The van der Waals surface area contributed by atoms with E-state index < -0.39 is 12.1 Å². The lowest BCUT2D eigenvalue weighted by Crippen LogP contribution is -2.39. The van der Waals surface area contributed by atoms with Crippen LogP contribution in [-0.4, -0.2) is 6.18 Å². The van der Waals surface area contributed by atoms with Crippen LogP contribution in [0.5, 0.6) is 0 Å². The summed E-state index contributed by atoms with van der Waals surface area (Å²) in [7, 11) is 0. The van der Waals surface area contributed by atoms with Gasteiger partial charge in [-0.3, -0.25) is 0 Å². The molecule has 0 aromatic heterocycles. The van der Waals surface area contributed by atoms with E-state index in [1.165, 1.54) is 28.9 Å². The number of rotatable bonds is 2. The van der Waals surface area contributed by atoms with Crippen molar-refractivity contribution in [3.8, 4) is 0 Å². The van der Waals surface area contributed by atoms with Crippen LogP contribution in [0, 0.1) is 23.1 Å². The number of benzene rings is 1. The van der Waals surface area contributed by atoms with Gasteiger partial charge in [0.25, 0.3) is 0 Å². The lowest BCUT2D eigenvalue weighted by atomic mass is 9.56.